The fourth-order valence-corrected chi connectivity index (χ4v) is 1.50. The van der Waals surface area contributed by atoms with Crippen molar-refractivity contribution in [1.29, 1.82) is 5.26 Å². The highest BCUT2D eigenvalue weighted by atomic mass is 79.9. The Morgan fingerprint density at radius 2 is 2.33 bits per heavy atom. The van der Waals surface area contributed by atoms with Crippen molar-refractivity contribution in [2.75, 3.05) is 6.61 Å². The molecule has 3 nitrogen and oxygen atoms in total. The van der Waals surface area contributed by atoms with Crippen LogP contribution in [-0.2, 0) is 10.1 Å². The zero-order valence-corrected chi connectivity index (χ0v) is 9.87. The maximum Gasteiger partial charge on any atom is 0.339 e. The molecule has 1 aromatic carbocycles. The fourth-order valence-electron chi connectivity index (χ4n) is 1.15. The molecule has 1 rings (SSSR count). The molecule has 4 heteroatoms. The lowest BCUT2D eigenvalue weighted by atomic mass is 10.1. The Kier molecular flexibility index (Phi) is 4.32. The van der Waals surface area contributed by atoms with Crippen LogP contribution in [0.5, 0.6) is 0 Å². The average Bonchev–Trinajstić information content (AvgIpc) is 2.28. The molecule has 0 spiro atoms. The van der Waals surface area contributed by atoms with Crippen molar-refractivity contribution < 1.29 is 9.53 Å². The summed E-state index contributed by atoms with van der Waals surface area (Å²) in [6, 6.07) is 7.08. The Hall–Kier alpha value is -1.34. The number of carbonyl (C=O) groups is 1. The molecule has 1 aromatic rings. The Labute approximate surface area is 96.8 Å². The predicted molar refractivity (Wildman–Crippen MR) is 59.7 cm³/mol. The van der Waals surface area contributed by atoms with Crippen molar-refractivity contribution in [3.05, 3.63) is 34.9 Å². The van der Waals surface area contributed by atoms with Crippen molar-refractivity contribution in [3.8, 4) is 6.07 Å². The van der Waals surface area contributed by atoms with Crippen LogP contribution in [0.4, 0.5) is 0 Å². The third kappa shape index (κ3) is 2.80. The van der Waals surface area contributed by atoms with E-state index in [0.717, 1.165) is 5.56 Å². The molecule has 0 aliphatic carbocycles. The highest BCUT2D eigenvalue weighted by Gasteiger charge is 2.12. The Morgan fingerprint density at radius 1 is 1.60 bits per heavy atom. The van der Waals surface area contributed by atoms with Gasteiger partial charge in [0.05, 0.1) is 17.7 Å². The number of benzene rings is 1. The highest BCUT2D eigenvalue weighted by molar-refractivity contribution is 9.08. The fraction of sp³-hybridized carbons (Fsp3) is 0.273. The second-order valence-corrected chi connectivity index (χ2v) is 3.41. The highest BCUT2D eigenvalue weighted by Crippen LogP contribution is 2.14. The normalized spacial score (nSPS) is 9.40. The van der Waals surface area contributed by atoms with Gasteiger partial charge in [-0.1, -0.05) is 22.0 Å². The van der Waals surface area contributed by atoms with Crippen LogP contribution in [0, 0.1) is 11.3 Å². The first-order chi connectivity index (χ1) is 7.22. The second-order valence-electron chi connectivity index (χ2n) is 2.85. The van der Waals surface area contributed by atoms with E-state index in [1.165, 1.54) is 0 Å². The van der Waals surface area contributed by atoms with E-state index in [-0.39, 0.29) is 0 Å². The lowest BCUT2D eigenvalue weighted by Gasteiger charge is -2.04. The summed E-state index contributed by atoms with van der Waals surface area (Å²) in [6.07, 6.45) is 0. The summed E-state index contributed by atoms with van der Waals surface area (Å²) in [5.41, 5.74) is 1.63. The van der Waals surface area contributed by atoms with Crippen molar-refractivity contribution in [3.63, 3.8) is 0 Å². The van der Waals surface area contributed by atoms with Gasteiger partial charge in [-0.3, -0.25) is 0 Å². The average molecular weight is 268 g/mol. The zero-order valence-electron chi connectivity index (χ0n) is 8.29. The number of halogens is 1. The molecule has 0 unspecified atom stereocenters. The standard InChI is InChI=1S/C11H10BrNO2/c1-2-15-11(14)10-4-3-8(6-12)5-9(10)7-13/h3-5H,2,6H2,1H3. The maximum absolute atomic E-state index is 11.4. The van der Waals surface area contributed by atoms with Crippen LogP contribution in [0.25, 0.3) is 0 Å². The van der Waals surface area contributed by atoms with Gasteiger partial charge in [0.2, 0.25) is 0 Å². The van der Waals surface area contributed by atoms with Gasteiger partial charge in [0.1, 0.15) is 6.07 Å². The SMILES string of the molecule is CCOC(=O)c1ccc(CBr)cc1C#N. The van der Waals surface area contributed by atoms with Crippen LogP contribution in [0.15, 0.2) is 18.2 Å². The number of esters is 1. The van der Waals surface area contributed by atoms with E-state index in [2.05, 4.69) is 15.9 Å². The van der Waals surface area contributed by atoms with Gasteiger partial charge >= 0.3 is 5.97 Å². The predicted octanol–water partition coefficient (Wildman–Crippen LogP) is 2.63. The first-order valence-electron chi connectivity index (χ1n) is 4.49. The van der Waals surface area contributed by atoms with Gasteiger partial charge in [0.15, 0.2) is 0 Å². The number of rotatable bonds is 3. The topological polar surface area (TPSA) is 50.1 Å². The molecule has 0 fully saturated rings. The summed E-state index contributed by atoms with van der Waals surface area (Å²) in [4.78, 5) is 11.4. The van der Waals surface area contributed by atoms with Gasteiger partial charge in [-0.25, -0.2) is 4.79 Å². The molecular weight excluding hydrogens is 258 g/mol. The van der Waals surface area contributed by atoms with E-state index in [9.17, 15) is 4.79 Å². The molecule has 0 aliphatic heterocycles. The molecule has 0 atom stereocenters. The number of hydrogen-bond donors (Lipinski definition) is 0. The van der Waals surface area contributed by atoms with Crippen LogP contribution in [0.3, 0.4) is 0 Å². The Morgan fingerprint density at radius 3 is 2.87 bits per heavy atom. The van der Waals surface area contributed by atoms with E-state index < -0.39 is 5.97 Å². The van der Waals surface area contributed by atoms with Crippen molar-refractivity contribution >= 4 is 21.9 Å². The van der Waals surface area contributed by atoms with Crippen molar-refractivity contribution in [1.82, 2.24) is 0 Å². The molecule has 78 valence electrons. The molecular formula is C11H10BrNO2. The smallest absolute Gasteiger partial charge is 0.339 e. The number of carbonyl (C=O) groups excluding carboxylic acids is 1. The molecule has 0 amide bonds. The summed E-state index contributed by atoms with van der Waals surface area (Å²) in [5.74, 6) is -0.449. The van der Waals surface area contributed by atoms with Crippen LogP contribution in [-0.4, -0.2) is 12.6 Å². The third-order valence-corrected chi connectivity index (χ3v) is 2.50. The quantitative estimate of drug-likeness (QED) is 0.625. The Bertz CT molecular complexity index is 410. The van der Waals surface area contributed by atoms with Gasteiger partial charge < -0.3 is 4.74 Å². The Balaban J connectivity index is 3.09. The minimum Gasteiger partial charge on any atom is -0.462 e. The number of hydrogen-bond acceptors (Lipinski definition) is 3. The largest absolute Gasteiger partial charge is 0.462 e. The van der Waals surface area contributed by atoms with Gasteiger partial charge in [0.25, 0.3) is 0 Å². The van der Waals surface area contributed by atoms with Gasteiger partial charge in [-0.05, 0) is 24.6 Å². The summed E-state index contributed by atoms with van der Waals surface area (Å²) >= 11 is 3.29. The van der Waals surface area contributed by atoms with E-state index >= 15 is 0 Å². The second kappa shape index (κ2) is 5.52. The summed E-state index contributed by atoms with van der Waals surface area (Å²) in [7, 11) is 0. The van der Waals surface area contributed by atoms with E-state index in [4.69, 9.17) is 10.00 Å². The van der Waals surface area contributed by atoms with Crippen LogP contribution >= 0.6 is 15.9 Å². The molecule has 15 heavy (non-hydrogen) atoms. The van der Waals surface area contributed by atoms with Gasteiger partial charge in [0, 0.05) is 5.33 Å². The van der Waals surface area contributed by atoms with E-state index in [1.54, 1.807) is 25.1 Å². The molecule has 0 aromatic heterocycles. The van der Waals surface area contributed by atoms with Crippen molar-refractivity contribution in [2.45, 2.75) is 12.3 Å². The summed E-state index contributed by atoms with van der Waals surface area (Å²) in [6.45, 7) is 2.04. The van der Waals surface area contributed by atoms with E-state index in [1.807, 2.05) is 6.07 Å². The number of nitrogens with zero attached hydrogens (tertiary/aromatic N) is 1. The molecule has 0 heterocycles. The monoisotopic (exact) mass is 267 g/mol. The maximum atomic E-state index is 11.4. The minimum atomic E-state index is -0.449. The minimum absolute atomic E-state index is 0.309. The number of alkyl halides is 1. The van der Waals surface area contributed by atoms with Crippen molar-refractivity contribution in [2.24, 2.45) is 0 Å². The number of nitriles is 1. The lowest BCUT2D eigenvalue weighted by molar-refractivity contribution is 0.0526. The van der Waals surface area contributed by atoms with Gasteiger partial charge in [-0.2, -0.15) is 5.26 Å². The first kappa shape index (κ1) is 11.7. The molecule has 0 aliphatic rings. The van der Waals surface area contributed by atoms with Crippen LogP contribution < -0.4 is 0 Å². The molecule has 0 saturated heterocycles. The summed E-state index contributed by atoms with van der Waals surface area (Å²) in [5, 5.41) is 9.54. The molecule has 0 saturated carbocycles. The lowest BCUT2D eigenvalue weighted by Crippen LogP contribution is -2.07. The third-order valence-electron chi connectivity index (χ3n) is 1.85. The van der Waals surface area contributed by atoms with Gasteiger partial charge in [-0.15, -0.1) is 0 Å². The molecule has 0 bridgehead atoms. The number of ether oxygens (including phenoxy) is 1. The van der Waals surface area contributed by atoms with E-state index in [0.29, 0.717) is 23.1 Å². The van der Waals surface area contributed by atoms with Crippen LogP contribution in [0.2, 0.25) is 0 Å². The zero-order chi connectivity index (χ0) is 11.3. The summed E-state index contributed by atoms with van der Waals surface area (Å²) < 4.78 is 4.84. The first-order valence-corrected chi connectivity index (χ1v) is 5.61. The van der Waals surface area contributed by atoms with Crippen LogP contribution in [0.1, 0.15) is 28.4 Å². The molecule has 0 radical (unpaired) electrons. The molecule has 0 N–H and O–H groups in total.